The molecule has 1 aliphatic rings. The molecule has 1 amide bonds. The molecule has 1 N–H and O–H groups in total. The molecule has 1 aliphatic carbocycles. The van der Waals surface area contributed by atoms with Crippen molar-refractivity contribution < 1.29 is 27.6 Å². The third-order valence-corrected chi connectivity index (χ3v) is 5.61. The van der Waals surface area contributed by atoms with Gasteiger partial charge >= 0.3 is 12.3 Å². The summed E-state index contributed by atoms with van der Waals surface area (Å²) in [6, 6.07) is 18.0. The van der Waals surface area contributed by atoms with Gasteiger partial charge in [-0.2, -0.15) is 13.2 Å². The number of carbonyl (C=O) groups excluding carboxylic acids is 1. The summed E-state index contributed by atoms with van der Waals surface area (Å²) in [5.74, 6) is 4.74. The van der Waals surface area contributed by atoms with Crippen LogP contribution in [0.15, 0.2) is 66.7 Å². The van der Waals surface area contributed by atoms with Crippen molar-refractivity contribution in [1.82, 2.24) is 5.32 Å². The Morgan fingerprint density at radius 1 is 1.03 bits per heavy atom. The molecule has 3 aromatic carbocycles. The summed E-state index contributed by atoms with van der Waals surface area (Å²) < 4.78 is 44.8. The first-order valence-electron chi connectivity index (χ1n) is 10.7. The normalized spacial score (nSPS) is 12.2. The molecule has 0 atom stereocenters. The van der Waals surface area contributed by atoms with E-state index in [1.165, 1.54) is 0 Å². The molecular formula is C26H19F3N2O4. The van der Waals surface area contributed by atoms with Gasteiger partial charge in [-0.3, -0.25) is 10.1 Å². The second kappa shape index (κ2) is 9.89. The summed E-state index contributed by atoms with van der Waals surface area (Å²) in [4.78, 5) is 22.2. The van der Waals surface area contributed by atoms with Crippen LogP contribution in [-0.2, 0) is 10.9 Å². The molecule has 35 heavy (non-hydrogen) atoms. The highest BCUT2D eigenvalue weighted by Crippen LogP contribution is 2.44. The summed E-state index contributed by atoms with van der Waals surface area (Å²) in [7, 11) is 0. The number of alkyl halides is 3. The molecule has 6 nitrogen and oxygen atoms in total. The average Bonchev–Trinajstić information content (AvgIpc) is 3.15. The molecule has 0 saturated heterocycles. The summed E-state index contributed by atoms with van der Waals surface area (Å²) in [5, 5.41) is 13.4. The van der Waals surface area contributed by atoms with E-state index in [0.29, 0.717) is 6.07 Å². The van der Waals surface area contributed by atoms with Crippen LogP contribution in [0, 0.1) is 22.0 Å². The van der Waals surface area contributed by atoms with Crippen LogP contribution in [0.4, 0.5) is 23.7 Å². The van der Waals surface area contributed by atoms with E-state index < -0.39 is 34.0 Å². The van der Waals surface area contributed by atoms with Crippen LogP contribution >= 0.6 is 0 Å². The van der Waals surface area contributed by atoms with E-state index in [0.717, 1.165) is 34.4 Å². The number of nitro benzene ring substituents is 1. The molecule has 0 aromatic heterocycles. The molecule has 0 bridgehead atoms. The fourth-order valence-corrected chi connectivity index (χ4v) is 4.03. The van der Waals surface area contributed by atoms with Gasteiger partial charge in [0.15, 0.2) is 0 Å². The zero-order chi connectivity index (χ0) is 25.0. The summed E-state index contributed by atoms with van der Waals surface area (Å²) in [6.45, 7) is 0.175. The van der Waals surface area contributed by atoms with E-state index in [9.17, 15) is 28.1 Å². The van der Waals surface area contributed by atoms with Crippen molar-refractivity contribution in [3.63, 3.8) is 0 Å². The molecular weight excluding hydrogens is 461 g/mol. The van der Waals surface area contributed by atoms with Gasteiger partial charge in [-0.25, -0.2) is 4.79 Å². The van der Waals surface area contributed by atoms with Crippen molar-refractivity contribution in [3.05, 3.63) is 99.1 Å². The van der Waals surface area contributed by atoms with Crippen LogP contribution in [0.3, 0.4) is 0 Å². The highest BCUT2D eigenvalue weighted by Gasteiger charge is 2.34. The van der Waals surface area contributed by atoms with Crippen LogP contribution in [0.1, 0.15) is 34.6 Å². The highest BCUT2D eigenvalue weighted by molar-refractivity contribution is 5.79. The predicted octanol–water partition coefficient (Wildman–Crippen LogP) is 5.89. The Bertz CT molecular complexity index is 1300. The van der Waals surface area contributed by atoms with E-state index >= 15 is 0 Å². The zero-order valence-corrected chi connectivity index (χ0v) is 18.3. The lowest BCUT2D eigenvalue weighted by Gasteiger charge is -2.14. The molecule has 0 fully saturated rings. The number of benzene rings is 3. The summed E-state index contributed by atoms with van der Waals surface area (Å²) >= 11 is 0. The number of hydrogen-bond acceptors (Lipinski definition) is 4. The Balaban J connectivity index is 1.33. The third-order valence-electron chi connectivity index (χ3n) is 5.61. The van der Waals surface area contributed by atoms with Crippen LogP contribution in [-0.4, -0.2) is 24.2 Å². The van der Waals surface area contributed by atoms with Crippen molar-refractivity contribution in [3.8, 4) is 23.0 Å². The topological polar surface area (TPSA) is 81.5 Å². The number of amides is 1. The number of nitrogens with one attached hydrogen (secondary N) is 1. The maximum Gasteiger partial charge on any atom is 0.417 e. The molecule has 0 heterocycles. The largest absolute Gasteiger partial charge is 0.449 e. The Morgan fingerprint density at radius 2 is 1.66 bits per heavy atom. The second-order valence-corrected chi connectivity index (χ2v) is 7.79. The number of ether oxygens (including phenoxy) is 1. The van der Waals surface area contributed by atoms with Gasteiger partial charge in [0, 0.05) is 36.6 Å². The second-order valence-electron chi connectivity index (χ2n) is 7.79. The van der Waals surface area contributed by atoms with Gasteiger partial charge in [-0.05, 0) is 28.3 Å². The maximum absolute atomic E-state index is 13.1. The number of alkyl carbamates (subject to hydrolysis) is 1. The molecule has 9 heteroatoms. The smallest absolute Gasteiger partial charge is 0.417 e. The van der Waals surface area contributed by atoms with Crippen molar-refractivity contribution in [2.75, 3.05) is 13.2 Å². The first-order valence-corrected chi connectivity index (χ1v) is 10.7. The van der Waals surface area contributed by atoms with Crippen molar-refractivity contribution >= 4 is 11.8 Å². The number of halogens is 3. The van der Waals surface area contributed by atoms with E-state index in [1.807, 2.05) is 48.5 Å². The van der Waals surface area contributed by atoms with Gasteiger partial charge in [-0.15, -0.1) is 0 Å². The van der Waals surface area contributed by atoms with E-state index in [4.69, 9.17) is 4.74 Å². The molecule has 4 rings (SSSR count). The Kier molecular flexibility index (Phi) is 6.73. The fourth-order valence-electron chi connectivity index (χ4n) is 4.03. The average molecular weight is 480 g/mol. The minimum atomic E-state index is -4.70. The van der Waals surface area contributed by atoms with Gasteiger partial charge in [0.2, 0.25) is 0 Å². The predicted molar refractivity (Wildman–Crippen MR) is 123 cm³/mol. The molecule has 0 radical (unpaired) electrons. The molecule has 178 valence electrons. The Labute approximate surface area is 198 Å². The van der Waals surface area contributed by atoms with E-state index in [1.54, 1.807) is 0 Å². The number of nitro groups is 1. The van der Waals surface area contributed by atoms with Gasteiger partial charge < -0.3 is 10.1 Å². The van der Waals surface area contributed by atoms with Gasteiger partial charge in [0.25, 0.3) is 5.69 Å². The summed E-state index contributed by atoms with van der Waals surface area (Å²) in [6.07, 6.45) is -5.33. The molecule has 0 spiro atoms. The van der Waals surface area contributed by atoms with Crippen LogP contribution in [0.2, 0.25) is 0 Å². The lowest BCUT2D eigenvalue weighted by molar-refractivity contribution is -0.384. The zero-order valence-electron chi connectivity index (χ0n) is 18.3. The van der Waals surface area contributed by atoms with Crippen molar-refractivity contribution in [2.24, 2.45) is 0 Å². The van der Waals surface area contributed by atoms with Crippen LogP contribution < -0.4 is 5.32 Å². The first kappa shape index (κ1) is 23.8. The minimum absolute atomic E-state index is 0.0319. The van der Waals surface area contributed by atoms with Gasteiger partial charge in [0.05, 0.1) is 10.5 Å². The SMILES string of the molecule is O=C(NCCC#Cc1cc([N+](=O)[O-])ccc1C(F)(F)F)OCC1c2ccccc2-c2ccccc21. The number of rotatable bonds is 5. The molecule has 3 aromatic rings. The number of nitrogens with zero attached hydrogens (tertiary/aromatic N) is 1. The third kappa shape index (κ3) is 5.27. The quantitative estimate of drug-likeness (QED) is 0.214. The number of hydrogen-bond donors (Lipinski definition) is 1. The maximum atomic E-state index is 13.1. The first-order chi connectivity index (χ1) is 16.8. The molecule has 0 unspecified atom stereocenters. The Morgan fingerprint density at radius 3 is 2.26 bits per heavy atom. The standard InChI is InChI=1S/C26H19F3N2O4/c27-26(28,29)24-13-12-18(31(33)34)15-17(24)7-5-6-14-30-25(32)35-16-23-21-10-3-1-8-19(21)20-9-2-4-11-22(20)23/h1-4,8-13,15,23H,6,14,16H2,(H,30,32). The number of carbonyl (C=O) groups is 1. The number of non-ortho nitro benzene ring substituents is 1. The highest BCUT2D eigenvalue weighted by atomic mass is 19.4. The van der Waals surface area contributed by atoms with Crippen LogP contribution in [0.25, 0.3) is 11.1 Å². The Hall–Kier alpha value is -4.32. The van der Waals surface area contributed by atoms with E-state index in [2.05, 4.69) is 17.2 Å². The van der Waals surface area contributed by atoms with Crippen LogP contribution in [0.5, 0.6) is 0 Å². The summed E-state index contributed by atoms with van der Waals surface area (Å²) in [5.41, 5.74) is 2.32. The van der Waals surface area contributed by atoms with Crippen molar-refractivity contribution in [1.29, 1.82) is 0 Å². The number of fused-ring (bicyclic) bond motifs is 3. The lowest BCUT2D eigenvalue weighted by Crippen LogP contribution is -2.26. The van der Waals surface area contributed by atoms with Gasteiger partial charge in [0.1, 0.15) is 6.61 Å². The monoisotopic (exact) mass is 480 g/mol. The van der Waals surface area contributed by atoms with E-state index in [-0.39, 0.29) is 25.5 Å². The van der Waals surface area contributed by atoms with Crippen molar-refractivity contribution in [2.45, 2.75) is 18.5 Å². The molecule has 0 saturated carbocycles. The minimum Gasteiger partial charge on any atom is -0.449 e. The lowest BCUT2D eigenvalue weighted by atomic mass is 9.98. The fraction of sp³-hybridized carbons (Fsp3) is 0.192. The molecule has 0 aliphatic heterocycles. The van der Waals surface area contributed by atoms with Gasteiger partial charge in [-0.1, -0.05) is 60.4 Å².